The number of aliphatic imine (C=N–C) groups is 1. The molecule has 0 spiro atoms. The summed E-state index contributed by atoms with van der Waals surface area (Å²) in [6, 6.07) is 17.2. The number of anilines is 1. The number of alkyl halides is 3. The Morgan fingerprint density at radius 3 is 2.16 bits per heavy atom. The van der Waals surface area contributed by atoms with Crippen molar-refractivity contribution in [1.82, 2.24) is 0 Å². The van der Waals surface area contributed by atoms with Crippen molar-refractivity contribution in [3.8, 4) is 0 Å². The first-order valence-corrected chi connectivity index (χ1v) is 10.3. The molecular formula is C23H15Cl2F4N3. The summed E-state index contributed by atoms with van der Waals surface area (Å²) in [6.07, 6.45) is -4.06. The molecule has 0 fully saturated rings. The highest BCUT2D eigenvalue weighted by atomic mass is 35.5. The quantitative estimate of drug-likeness (QED) is 0.277. The molecule has 1 heterocycles. The van der Waals surface area contributed by atoms with E-state index in [4.69, 9.17) is 23.2 Å². The first kappa shape index (κ1) is 22.3. The summed E-state index contributed by atoms with van der Waals surface area (Å²) < 4.78 is 51.7. The van der Waals surface area contributed by atoms with E-state index >= 15 is 0 Å². The summed E-state index contributed by atoms with van der Waals surface area (Å²) >= 11 is 12.4. The normalized spacial score (nSPS) is 16.9. The van der Waals surface area contributed by atoms with E-state index in [9.17, 15) is 17.6 Å². The minimum absolute atomic E-state index is 0.0633. The standard InChI is InChI=1S/C23H15Cl2F4N3/c24-16-5-11-19(12-6-16)32-21(14-1-7-17(26)8-2-14)13-20(31-32)22(25)30-18-9-3-15(4-10-18)23(27,28)29/h1-12,21H,13H2. The third-order valence-electron chi connectivity index (χ3n) is 4.92. The minimum atomic E-state index is -4.43. The molecule has 0 radical (unpaired) electrons. The van der Waals surface area contributed by atoms with Crippen molar-refractivity contribution in [1.29, 1.82) is 0 Å². The van der Waals surface area contributed by atoms with Gasteiger partial charge in [-0.25, -0.2) is 9.38 Å². The van der Waals surface area contributed by atoms with Crippen LogP contribution < -0.4 is 5.01 Å². The van der Waals surface area contributed by atoms with E-state index in [0.29, 0.717) is 17.2 Å². The summed E-state index contributed by atoms with van der Waals surface area (Å²) in [4.78, 5) is 4.22. The molecule has 1 atom stereocenters. The molecule has 1 unspecified atom stereocenters. The number of rotatable bonds is 4. The van der Waals surface area contributed by atoms with E-state index in [-0.39, 0.29) is 22.7 Å². The molecule has 1 aliphatic rings. The molecule has 3 aromatic carbocycles. The Morgan fingerprint density at radius 1 is 0.938 bits per heavy atom. The van der Waals surface area contributed by atoms with E-state index in [2.05, 4.69) is 10.1 Å². The zero-order chi connectivity index (χ0) is 22.9. The largest absolute Gasteiger partial charge is 0.416 e. The lowest BCUT2D eigenvalue weighted by atomic mass is 10.0. The number of hydrogen-bond donors (Lipinski definition) is 0. The molecule has 0 aromatic heterocycles. The van der Waals surface area contributed by atoms with Crippen LogP contribution in [0.2, 0.25) is 5.02 Å². The number of hydrogen-bond acceptors (Lipinski definition) is 3. The molecule has 32 heavy (non-hydrogen) atoms. The smallest absolute Gasteiger partial charge is 0.257 e. The zero-order valence-electron chi connectivity index (χ0n) is 16.3. The van der Waals surface area contributed by atoms with Crippen molar-refractivity contribution in [3.63, 3.8) is 0 Å². The fourth-order valence-electron chi connectivity index (χ4n) is 3.31. The zero-order valence-corrected chi connectivity index (χ0v) is 17.8. The van der Waals surface area contributed by atoms with Crippen molar-refractivity contribution in [2.75, 3.05) is 5.01 Å². The molecule has 0 bridgehead atoms. The summed E-state index contributed by atoms with van der Waals surface area (Å²) in [5.74, 6) is -0.354. The molecule has 3 nitrogen and oxygen atoms in total. The second kappa shape index (κ2) is 8.92. The molecule has 9 heteroatoms. The number of halogens is 6. The Hall–Kier alpha value is -2.90. The maximum atomic E-state index is 13.4. The second-order valence-corrected chi connectivity index (χ2v) is 7.88. The van der Waals surface area contributed by atoms with Crippen LogP contribution in [0.15, 0.2) is 82.9 Å². The molecule has 1 aliphatic heterocycles. The third kappa shape index (κ3) is 4.95. The lowest BCUT2D eigenvalue weighted by molar-refractivity contribution is -0.137. The van der Waals surface area contributed by atoms with Gasteiger partial charge in [0.25, 0.3) is 0 Å². The number of nitrogens with zero attached hydrogens (tertiary/aromatic N) is 3. The number of hydrazone groups is 1. The van der Waals surface area contributed by atoms with Gasteiger partial charge in [-0.3, -0.25) is 5.01 Å². The maximum Gasteiger partial charge on any atom is 0.416 e. The summed E-state index contributed by atoms with van der Waals surface area (Å²) in [5.41, 5.74) is 1.53. The molecule has 3 aromatic rings. The van der Waals surface area contributed by atoms with Crippen LogP contribution in [0.4, 0.5) is 28.9 Å². The Kier molecular flexibility index (Phi) is 6.22. The van der Waals surface area contributed by atoms with Gasteiger partial charge >= 0.3 is 6.18 Å². The highest BCUT2D eigenvalue weighted by Gasteiger charge is 2.32. The van der Waals surface area contributed by atoms with Gasteiger partial charge in [0.15, 0.2) is 5.17 Å². The van der Waals surface area contributed by atoms with Gasteiger partial charge < -0.3 is 0 Å². The first-order chi connectivity index (χ1) is 15.2. The summed E-state index contributed by atoms with van der Waals surface area (Å²) in [7, 11) is 0. The fourth-order valence-corrected chi connectivity index (χ4v) is 3.65. The van der Waals surface area contributed by atoms with Crippen molar-refractivity contribution >= 4 is 45.5 Å². The fraction of sp³-hybridized carbons (Fsp3) is 0.130. The van der Waals surface area contributed by atoms with Crippen molar-refractivity contribution in [2.45, 2.75) is 18.6 Å². The first-order valence-electron chi connectivity index (χ1n) is 9.50. The third-order valence-corrected chi connectivity index (χ3v) is 5.47. The van der Waals surface area contributed by atoms with Crippen LogP contribution in [-0.4, -0.2) is 10.9 Å². The maximum absolute atomic E-state index is 13.4. The Labute approximate surface area is 191 Å². The summed E-state index contributed by atoms with van der Waals surface area (Å²) in [5, 5.41) is 6.96. The van der Waals surface area contributed by atoms with Crippen LogP contribution in [0.1, 0.15) is 23.6 Å². The second-order valence-electron chi connectivity index (χ2n) is 7.09. The molecule has 0 saturated carbocycles. The molecule has 4 rings (SSSR count). The molecule has 0 saturated heterocycles. The highest BCUT2D eigenvalue weighted by molar-refractivity contribution is 6.84. The van der Waals surface area contributed by atoms with Crippen LogP contribution >= 0.6 is 23.2 Å². The molecular weight excluding hydrogens is 465 g/mol. The summed E-state index contributed by atoms with van der Waals surface area (Å²) in [6.45, 7) is 0. The minimum Gasteiger partial charge on any atom is -0.257 e. The van der Waals surface area contributed by atoms with Crippen LogP contribution in [0, 0.1) is 5.82 Å². The van der Waals surface area contributed by atoms with Crippen LogP contribution in [0.5, 0.6) is 0 Å². The topological polar surface area (TPSA) is 28.0 Å². The Balaban J connectivity index is 1.65. The lowest BCUT2D eigenvalue weighted by Gasteiger charge is -2.24. The van der Waals surface area contributed by atoms with E-state index < -0.39 is 11.7 Å². The van der Waals surface area contributed by atoms with Gasteiger partial charge in [0, 0.05) is 11.4 Å². The van der Waals surface area contributed by atoms with Gasteiger partial charge in [0.2, 0.25) is 0 Å². The van der Waals surface area contributed by atoms with Crippen molar-refractivity contribution in [3.05, 3.63) is 94.8 Å². The van der Waals surface area contributed by atoms with Gasteiger partial charge in [-0.1, -0.05) is 35.3 Å². The van der Waals surface area contributed by atoms with Crippen LogP contribution in [-0.2, 0) is 6.18 Å². The molecule has 0 amide bonds. The van der Waals surface area contributed by atoms with Crippen LogP contribution in [0.25, 0.3) is 0 Å². The predicted octanol–water partition coefficient (Wildman–Crippen LogP) is 7.77. The van der Waals surface area contributed by atoms with E-state index in [1.165, 1.54) is 24.3 Å². The van der Waals surface area contributed by atoms with Crippen LogP contribution in [0.3, 0.4) is 0 Å². The Bertz CT molecular complexity index is 1160. The molecule has 0 aliphatic carbocycles. The lowest BCUT2D eigenvalue weighted by Crippen LogP contribution is -2.18. The van der Waals surface area contributed by atoms with Gasteiger partial charge in [-0.15, -0.1) is 0 Å². The van der Waals surface area contributed by atoms with Gasteiger partial charge in [0.1, 0.15) is 11.5 Å². The predicted molar refractivity (Wildman–Crippen MR) is 120 cm³/mol. The molecule has 164 valence electrons. The van der Waals surface area contributed by atoms with Gasteiger partial charge in [-0.05, 0) is 66.2 Å². The highest BCUT2D eigenvalue weighted by Crippen LogP contribution is 2.37. The van der Waals surface area contributed by atoms with Gasteiger partial charge in [-0.2, -0.15) is 18.3 Å². The van der Waals surface area contributed by atoms with E-state index in [1.807, 2.05) is 0 Å². The molecule has 0 N–H and O–H groups in total. The Morgan fingerprint density at radius 2 is 1.56 bits per heavy atom. The monoisotopic (exact) mass is 479 g/mol. The van der Waals surface area contributed by atoms with E-state index in [0.717, 1.165) is 23.4 Å². The van der Waals surface area contributed by atoms with Crippen molar-refractivity contribution < 1.29 is 17.6 Å². The average molecular weight is 480 g/mol. The number of benzene rings is 3. The SMILES string of the molecule is Fc1ccc(C2CC(C(Cl)=Nc3ccc(C(F)(F)F)cc3)=NN2c2ccc(Cl)cc2)cc1. The average Bonchev–Trinajstić information content (AvgIpc) is 3.20. The van der Waals surface area contributed by atoms with E-state index in [1.54, 1.807) is 41.4 Å². The van der Waals surface area contributed by atoms with Crippen molar-refractivity contribution in [2.24, 2.45) is 10.1 Å². The van der Waals surface area contributed by atoms with Gasteiger partial charge in [0.05, 0.1) is 23.0 Å².